The average molecular weight is 325 g/mol. The molecule has 0 unspecified atom stereocenters. The first kappa shape index (κ1) is 14.3. The van der Waals surface area contributed by atoms with Crippen molar-refractivity contribution in [1.82, 2.24) is 15.3 Å². The van der Waals surface area contributed by atoms with Gasteiger partial charge in [-0.1, -0.05) is 6.07 Å². The van der Waals surface area contributed by atoms with Gasteiger partial charge in [0, 0.05) is 22.7 Å². The quantitative estimate of drug-likeness (QED) is 0.533. The number of rotatable bonds is 3. The van der Waals surface area contributed by atoms with Crippen molar-refractivity contribution in [3.8, 4) is 11.1 Å². The third-order valence-corrected chi connectivity index (χ3v) is 3.78. The summed E-state index contributed by atoms with van der Waals surface area (Å²) in [5.41, 5.74) is 3.76. The Bertz CT molecular complexity index is 1070. The number of fused-ring (bicyclic) bond motifs is 2. The van der Waals surface area contributed by atoms with Gasteiger partial charge in [-0.05, 0) is 35.9 Å². The second-order valence-corrected chi connectivity index (χ2v) is 5.34. The third-order valence-electron chi connectivity index (χ3n) is 3.78. The Morgan fingerprint density at radius 3 is 3.00 bits per heavy atom. The van der Waals surface area contributed by atoms with Gasteiger partial charge in [-0.3, -0.25) is 0 Å². The van der Waals surface area contributed by atoms with Crippen molar-refractivity contribution in [2.75, 3.05) is 0 Å². The van der Waals surface area contributed by atoms with Crippen molar-refractivity contribution in [1.29, 1.82) is 0 Å². The predicted octanol–water partition coefficient (Wildman–Crippen LogP) is 3.88. The number of carbonyl (C=O) groups is 1. The molecule has 7 heteroatoms. The summed E-state index contributed by atoms with van der Waals surface area (Å²) in [5.74, 6) is 0.00368. The van der Waals surface area contributed by atoms with Gasteiger partial charge in [-0.25, -0.2) is 14.2 Å². The third kappa shape index (κ3) is 2.45. The van der Waals surface area contributed by atoms with Crippen LogP contribution in [0.15, 0.2) is 47.0 Å². The molecule has 4 rings (SSSR count). The number of halogens is 1. The van der Waals surface area contributed by atoms with Gasteiger partial charge in [-0.15, -0.1) is 0 Å². The number of nitrogens with zero attached hydrogens (tertiary/aromatic N) is 1. The number of hydrogen-bond acceptors (Lipinski definition) is 3. The normalized spacial score (nSPS) is 11.2. The van der Waals surface area contributed by atoms with Gasteiger partial charge in [0.1, 0.15) is 11.3 Å². The monoisotopic (exact) mass is 325 g/mol. The van der Waals surface area contributed by atoms with E-state index in [0.29, 0.717) is 17.0 Å². The maximum Gasteiger partial charge on any atom is 0.405 e. The molecule has 2 aromatic carbocycles. The number of oxazole rings is 1. The summed E-state index contributed by atoms with van der Waals surface area (Å²) in [6.07, 6.45) is 0.682. The van der Waals surface area contributed by atoms with Crippen LogP contribution in [-0.2, 0) is 6.54 Å². The molecule has 0 bridgehead atoms. The number of amides is 1. The minimum atomic E-state index is -1.14. The Morgan fingerprint density at radius 1 is 1.29 bits per heavy atom. The first-order chi connectivity index (χ1) is 11.6. The number of hydrogen-bond donors (Lipinski definition) is 3. The summed E-state index contributed by atoms with van der Waals surface area (Å²) >= 11 is 0. The highest BCUT2D eigenvalue weighted by molar-refractivity contribution is 5.97. The van der Waals surface area contributed by atoms with Crippen LogP contribution in [0.2, 0.25) is 0 Å². The molecule has 0 spiro atoms. The number of aromatic nitrogens is 2. The van der Waals surface area contributed by atoms with Crippen molar-refractivity contribution in [3.05, 3.63) is 54.3 Å². The molecule has 0 aliphatic heterocycles. The van der Waals surface area contributed by atoms with E-state index in [1.54, 1.807) is 12.1 Å². The predicted molar refractivity (Wildman–Crippen MR) is 86.1 cm³/mol. The molecule has 1 amide bonds. The zero-order valence-electron chi connectivity index (χ0n) is 12.3. The topological polar surface area (TPSA) is 91.1 Å². The van der Waals surface area contributed by atoms with Crippen LogP contribution in [0.5, 0.6) is 0 Å². The van der Waals surface area contributed by atoms with Crippen molar-refractivity contribution in [2.45, 2.75) is 6.54 Å². The van der Waals surface area contributed by atoms with Gasteiger partial charge in [0.15, 0.2) is 5.58 Å². The molecule has 0 radical (unpaired) electrons. The van der Waals surface area contributed by atoms with E-state index in [4.69, 9.17) is 9.52 Å². The average Bonchev–Trinajstić information content (AvgIpc) is 3.14. The molecule has 6 nitrogen and oxygen atoms in total. The van der Waals surface area contributed by atoms with E-state index in [1.807, 2.05) is 18.3 Å². The van der Waals surface area contributed by atoms with Crippen LogP contribution < -0.4 is 5.32 Å². The second kappa shape index (κ2) is 5.38. The maximum absolute atomic E-state index is 13.3. The van der Waals surface area contributed by atoms with Gasteiger partial charge < -0.3 is 19.8 Å². The number of aromatic amines is 1. The second-order valence-electron chi connectivity index (χ2n) is 5.34. The molecule has 120 valence electrons. The van der Waals surface area contributed by atoms with Crippen molar-refractivity contribution < 1.29 is 18.7 Å². The fourth-order valence-electron chi connectivity index (χ4n) is 2.71. The summed E-state index contributed by atoms with van der Waals surface area (Å²) < 4.78 is 18.8. The minimum absolute atomic E-state index is 0.00566. The Hall–Kier alpha value is -3.35. The fraction of sp³-hybridized carbons (Fsp3) is 0.0588. The van der Waals surface area contributed by atoms with Crippen LogP contribution in [0.25, 0.3) is 33.1 Å². The van der Waals surface area contributed by atoms with E-state index in [-0.39, 0.29) is 12.4 Å². The Labute approximate surface area is 134 Å². The number of carboxylic acid groups (broad SMARTS) is 1. The molecule has 0 aliphatic rings. The highest BCUT2D eigenvalue weighted by Gasteiger charge is 2.11. The Balaban J connectivity index is 1.74. The van der Waals surface area contributed by atoms with Crippen molar-refractivity contribution in [3.63, 3.8) is 0 Å². The molecule has 0 saturated carbocycles. The summed E-state index contributed by atoms with van der Waals surface area (Å²) in [6.45, 7) is 0.00566. The van der Waals surface area contributed by atoms with Gasteiger partial charge in [0.25, 0.3) is 0 Å². The standard InChI is InChI=1S/C17H12FN3O3/c18-10-2-3-11-12(7-19-13(11)6-10)9-1-4-15-14(5-9)21-16(24-15)8-20-17(22)23/h1-7,19-20H,8H2,(H,22,23). The van der Waals surface area contributed by atoms with Crippen LogP contribution in [0, 0.1) is 5.82 Å². The largest absolute Gasteiger partial charge is 0.465 e. The Kier molecular flexibility index (Phi) is 3.19. The fourth-order valence-corrected chi connectivity index (χ4v) is 2.71. The highest BCUT2D eigenvalue weighted by Crippen LogP contribution is 2.31. The van der Waals surface area contributed by atoms with Crippen molar-refractivity contribution in [2.24, 2.45) is 0 Å². The van der Waals surface area contributed by atoms with Crippen molar-refractivity contribution >= 4 is 28.1 Å². The first-order valence-electron chi connectivity index (χ1n) is 7.23. The van der Waals surface area contributed by atoms with Crippen LogP contribution in [0.1, 0.15) is 5.89 Å². The molecule has 2 heterocycles. The molecule has 0 fully saturated rings. The lowest BCUT2D eigenvalue weighted by molar-refractivity contribution is 0.193. The first-order valence-corrected chi connectivity index (χ1v) is 7.23. The zero-order valence-corrected chi connectivity index (χ0v) is 12.3. The van der Waals surface area contributed by atoms with Crippen LogP contribution in [0.4, 0.5) is 9.18 Å². The SMILES string of the molecule is O=C(O)NCc1nc2cc(-c3c[nH]c4cc(F)ccc34)ccc2o1. The van der Waals surface area contributed by atoms with Crippen LogP contribution >= 0.6 is 0 Å². The zero-order chi connectivity index (χ0) is 16.7. The molecule has 0 atom stereocenters. The molecule has 3 N–H and O–H groups in total. The molecule has 2 aromatic heterocycles. The summed E-state index contributed by atoms with van der Waals surface area (Å²) in [5, 5.41) is 11.8. The van der Waals surface area contributed by atoms with E-state index < -0.39 is 6.09 Å². The number of nitrogens with one attached hydrogen (secondary N) is 2. The van der Waals surface area contributed by atoms with Crippen LogP contribution in [0.3, 0.4) is 0 Å². The van der Waals surface area contributed by atoms with E-state index >= 15 is 0 Å². The van der Waals surface area contributed by atoms with Gasteiger partial charge in [0.2, 0.25) is 5.89 Å². The lowest BCUT2D eigenvalue weighted by Crippen LogP contribution is -2.19. The van der Waals surface area contributed by atoms with Gasteiger partial charge >= 0.3 is 6.09 Å². The van der Waals surface area contributed by atoms with Crippen LogP contribution in [-0.4, -0.2) is 21.2 Å². The van der Waals surface area contributed by atoms with E-state index in [2.05, 4.69) is 15.3 Å². The summed E-state index contributed by atoms with van der Waals surface area (Å²) in [4.78, 5) is 17.9. The lowest BCUT2D eigenvalue weighted by atomic mass is 10.0. The molecular weight excluding hydrogens is 313 g/mol. The molecule has 24 heavy (non-hydrogen) atoms. The highest BCUT2D eigenvalue weighted by atomic mass is 19.1. The van der Waals surface area contributed by atoms with Gasteiger partial charge in [-0.2, -0.15) is 0 Å². The molecular formula is C17H12FN3O3. The van der Waals surface area contributed by atoms with E-state index in [1.165, 1.54) is 12.1 Å². The molecule has 0 saturated heterocycles. The molecule has 0 aliphatic carbocycles. The van der Waals surface area contributed by atoms with E-state index in [9.17, 15) is 9.18 Å². The number of H-pyrrole nitrogens is 1. The minimum Gasteiger partial charge on any atom is -0.465 e. The lowest BCUT2D eigenvalue weighted by Gasteiger charge is -1.99. The van der Waals surface area contributed by atoms with Gasteiger partial charge in [0.05, 0.1) is 6.54 Å². The smallest absolute Gasteiger partial charge is 0.405 e. The number of benzene rings is 2. The summed E-state index contributed by atoms with van der Waals surface area (Å²) in [7, 11) is 0. The Morgan fingerprint density at radius 2 is 2.17 bits per heavy atom. The van der Waals surface area contributed by atoms with E-state index in [0.717, 1.165) is 22.0 Å². The molecule has 4 aromatic rings. The maximum atomic E-state index is 13.3. The summed E-state index contributed by atoms with van der Waals surface area (Å²) in [6, 6.07) is 10.1.